The molecule has 1 aromatic carbocycles. The van der Waals surface area contributed by atoms with Crippen LogP contribution in [0, 0.1) is 5.82 Å². The van der Waals surface area contributed by atoms with Gasteiger partial charge in [-0.1, -0.05) is 15.9 Å². The van der Waals surface area contributed by atoms with Crippen LogP contribution in [-0.2, 0) is 15.1 Å². The summed E-state index contributed by atoms with van der Waals surface area (Å²) in [5.74, 6) is -0.429. The summed E-state index contributed by atoms with van der Waals surface area (Å²) in [7, 11) is 0. The molecule has 0 radical (unpaired) electrons. The normalized spacial score (nSPS) is 24.3. The Kier molecular flexibility index (Phi) is 2.84. The van der Waals surface area contributed by atoms with Gasteiger partial charge in [0.15, 0.2) is 5.78 Å². The third-order valence-corrected chi connectivity index (χ3v) is 3.09. The lowest BCUT2D eigenvalue weighted by Gasteiger charge is -2.31. The lowest BCUT2D eigenvalue weighted by atomic mass is 9.89. The summed E-state index contributed by atoms with van der Waals surface area (Å²) in [6.45, 7) is 1.71. The molecule has 0 aromatic heterocycles. The predicted octanol–water partition coefficient (Wildman–Crippen LogP) is 3.31. The Morgan fingerprint density at radius 1 is 1.50 bits per heavy atom. The van der Waals surface area contributed by atoms with Crippen LogP contribution in [0.5, 0.6) is 0 Å². The number of benzene rings is 1. The quantitative estimate of drug-likeness (QED) is 0.791. The first kappa shape index (κ1) is 11.3. The zero-order chi connectivity index (χ0) is 11.8. The van der Waals surface area contributed by atoms with Gasteiger partial charge in [-0.25, -0.2) is 4.39 Å². The van der Waals surface area contributed by atoms with Gasteiger partial charge in [-0.05, 0) is 25.1 Å². The van der Waals surface area contributed by atoms with Gasteiger partial charge < -0.3 is 4.74 Å². The first-order valence-electron chi connectivity index (χ1n) is 4.84. The van der Waals surface area contributed by atoms with Gasteiger partial charge in [-0.3, -0.25) is 4.79 Å². The molecule has 0 N–H and O–H groups in total. The topological polar surface area (TPSA) is 26.3 Å². The van der Waals surface area contributed by atoms with Crippen molar-refractivity contribution in [1.29, 1.82) is 0 Å². The van der Waals surface area contributed by atoms with Gasteiger partial charge in [-0.15, -0.1) is 0 Å². The minimum Gasteiger partial charge on any atom is -0.490 e. The lowest BCUT2D eigenvalue weighted by Crippen LogP contribution is -2.30. The van der Waals surface area contributed by atoms with E-state index in [0.717, 1.165) is 4.47 Å². The summed E-state index contributed by atoms with van der Waals surface area (Å²) in [5, 5.41) is 0. The molecule has 0 bridgehead atoms. The highest BCUT2D eigenvalue weighted by molar-refractivity contribution is 9.10. The number of hydrogen-bond donors (Lipinski definition) is 0. The lowest BCUT2D eigenvalue weighted by molar-refractivity contribution is -0.122. The largest absolute Gasteiger partial charge is 0.490 e. The molecule has 0 aliphatic carbocycles. The van der Waals surface area contributed by atoms with Gasteiger partial charge in [0.1, 0.15) is 11.4 Å². The van der Waals surface area contributed by atoms with Crippen LogP contribution in [0.3, 0.4) is 0 Å². The minimum atomic E-state index is -0.917. The van der Waals surface area contributed by atoms with E-state index in [9.17, 15) is 9.18 Å². The van der Waals surface area contributed by atoms with E-state index in [2.05, 4.69) is 15.9 Å². The average Bonchev–Trinajstić information content (AvgIpc) is 2.21. The van der Waals surface area contributed by atoms with Gasteiger partial charge >= 0.3 is 0 Å². The van der Waals surface area contributed by atoms with Crippen molar-refractivity contribution in [2.45, 2.75) is 18.9 Å². The van der Waals surface area contributed by atoms with Crippen molar-refractivity contribution >= 4 is 21.7 Å². The number of halogens is 2. The van der Waals surface area contributed by atoms with Crippen LogP contribution in [0.2, 0.25) is 0 Å². The van der Waals surface area contributed by atoms with Gasteiger partial charge in [-0.2, -0.15) is 0 Å². The van der Waals surface area contributed by atoms with E-state index in [0.29, 0.717) is 5.56 Å². The summed E-state index contributed by atoms with van der Waals surface area (Å²) in [6.07, 6.45) is 2.83. The Morgan fingerprint density at radius 3 is 2.94 bits per heavy atom. The second-order valence-corrected chi connectivity index (χ2v) is 4.83. The molecule has 1 atom stereocenters. The highest BCUT2D eigenvalue weighted by Gasteiger charge is 2.35. The van der Waals surface area contributed by atoms with E-state index < -0.39 is 5.60 Å². The van der Waals surface area contributed by atoms with E-state index in [-0.39, 0.29) is 18.0 Å². The summed E-state index contributed by atoms with van der Waals surface area (Å²) in [4.78, 5) is 11.3. The zero-order valence-electron chi connectivity index (χ0n) is 8.67. The molecular weight excluding hydrogens is 275 g/mol. The van der Waals surface area contributed by atoms with Crippen LogP contribution in [0.1, 0.15) is 18.9 Å². The number of allylic oxidation sites excluding steroid dienone is 1. The maximum absolute atomic E-state index is 13.7. The Balaban J connectivity index is 2.46. The average molecular weight is 285 g/mol. The van der Waals surface area contributed by atoms with E-state index in [1.807, 2.05) is 0 Å². The fraction of sp³-hybridized carbons (Fsp3) is 0.250. The fourth-order valence-electron chi connectivity index (χ4n) is 1.75. The third-order valence-electron chi connectivity index (χ3n) is 2.59. The van der Waals surface area contributed by atoms with E-state index in [4.69, 9.17) is 4.74 Å². The molecule has 0 amide bonds. The van der Waals surface area contributed by atoms with Crippen LogP contribution in [0.25, 0.3) is 0 Å². The van der Waals surface area contributed by atoms with Crippen LogP contribution < -0.4 is 0 Å². The molecule has 2 nitrogen and oxygen atoms in total. The smallest absolute Gasteiger partial charge is 0.163 e. The molecule has 2 rings (SSSR count). The highest BCUT2D eigenvalue weighted by Crippen LogP contribution is 2.35. The first-order chi connectivity index (χ1) is 7.51. The van der Waals surface area contributed by atoms with Crippen LogP contribution >= 0.6 is 15.9 Å². The highest BCUT2D eigenvalue weighted by atomic mass is 79.9. The van der Waals surface area contributed by atoms with Crippen LogP contribution in [0.15, 0.2) is 35.0 Å². The Bertz CT molecular complexity index is 470. The Labute approximate surface area is 101 Å². The van der Waals surface area contributed by atoms with Gasteiger partial charge in [0.05, 0.1) is 12.7 Å². The summed E-state index contributed by atoms with van der Waals surface area (Å²) in [6, 6.07) is 4.61. The number of carbonyl (C=O) groups is 1. The first-order valence-corrected chi connectivity index (χ1v) is 5.63. The van der Waals surface area contributed by atoms with E-state index >= 15 is 0 Å². The molecule has 84 valence electrons. The van der Waals surface area contributed by atoms with Crippen LogP contribution in [0.4, 0.5) is 4.39 Å². The Hall–Kier alpha value is -1.16. The maximum atomic E-state index is 13.7. The SMILES string of the molecule is CC1(c2cc(Br)ccc2F)CC(=O)C=CO1. The molecule has 0 saturated carbocycles. The molecule has 1 aliphatic heterocycles. The standard InChI is InChI=1S/C12H10BrFO2/c1-12(7-9(15)4-5-16-12)10-6-8(13)2-3-11(10)14/h2-6H,7H2,1H3. The minimum absolute atomic E-state index is 0.0619. The number of ketones is 1. The summed E-state index contributed by atoms with van der Waals surface area (Å²) in [5.41, 5.74) is -0.528. The molecule has 1 aromatic rings. The predicted molar refractivity (Wildman–Crippen MR) is 61.3 cm³/mol. The molecule has 1 aliphatic rings. The number of hydrogen-bond acceptors (Lipinski definition) is 2. The second kappa shape index (κ2) is 4.01. The molecule has 1 heterocycles. The molecule has 0 saturated heterocycles. The number of carbonyl (C=O) groups excluding carboxylic acids is 1. The van der Waals surface area contributed by atoms with Crippen molar-refractivity contribution in [3.05, 3.63) is 46.4 Å². The third kappa shape index (κ3) is 2.02. The second-order valence-electron chi connectivity index (χ2n) is 3.92. The monoisotopic (exact) mass is 284 g/mol. The van der Waals surface area contributed by atoms with Crippen LogP contribution in [-0.4, -0.2) is 5.78 Å². The molecular formula is C12H10BrFO2. The van der Waals surface area contributed by atoms with Gasteiger partial charge in [0.25, 0.3) is 0 Å². The zero-order valence-corrected chi connectivity index (χ0v) is 10.3. The Morgan fingerprint density at radius 2 is 2.25 bits per heavy atom. The van der Waals surface area contributed by atoms with Crippen molar-refractivity contribution in [3.8, 4) is 0 Å². The molecule has 0 spiro atoms. The molecule has 1 unspecified atom stereocenters. The summed E-state index contributed by atoms with van der Waals surface area (Å²) < 4.78 is 19.8. The molecule has 16 heavy (non-hydrogen) atoms. The van der Waals surface area contributed by atoms with E-state index in [1.54, 1.807) is 19.1 Å². The van der Waals surface area contributed by atoms with Crippen molar-refractivity contribution < 1.29 is 13.9 Å². The van der Waals surface area contributed by atoms with Gasteiger partial charge in [0, 0.05) is 16.1 Å². The van der Waals surface area contributed by atoms with Gasteiger partial charge in [0.2, 0.25) is 0 Å². The van der Waals surface area contributed by atoms with Crippen molar-refractivity contribution in [3.63, 3.8) is 0 Å². The summed E-state index contributed by atoms with van der Waals surface area (Å²) >= 11 is 3.28. The number of ether oxygens (including phenoxy) is 1. The van der Waals surface area contributed by atoms with Crippen molar-refractivity contribution in [2.24, 2.45) is 0 Å². The maximum Gasteiger partial charge on any atom is 0.163 e. The molecule has 0 fully saturated rings. The van der Waals surface area contributed by atoms with Crippen molar-refractivity contribution in [1.82, 2.24) is 0 Å². The van der Waals surface area contributed by atoms with Crippen molar-refractivity contribution in [2.75, 3.05) is 0 Å². The fourth-order valence-corrected chi connectivity index (χ4v) is 2.12. The molecule has 4 heteroatoms. The van der Waals surface area contributed by atoms with E-state index in [1.165, 1.54) is 18.4 Å². The number of rotatable bonds is 1.